The molecule has 1 aliphatic rings. The SMILES string of the molecule is Cn1c(C(NC(=O)CC2CCN(C(=O)OC(C)(C)C)CC2)c2ccccc2)nc2ccccc21. The Labute approximate surface area is 201 Å². The smallest absolute Gasteiger partial charge is 0.410 e. The van der Waals surface area contributed by atoms with Gasteiger partial charge in [0.1, 0.15) is 17.5 Å². The Morgan fingerprint density at radius 1 is 1.06 bits per heavy atom. The maximum absolute atomic E-state index is 13.1. The molecule has 0 bridgehead atoms. The third kappa shape index (κ3) is 5.58. The van der Waals surface area contributed by atoms with Gasteiger partial charge in [0.25, 0.3) is 0 Å². The molecule has 0 radical (unpaired) electrons. The summed E-state index contributed by atoms with van der Waals surface area (Å²) in [6.45, 7) is 6.83. The number of ether oxygens (including phenoxy) is 1. The summed E-state index contributed by atoms with van der Waals surface area (Å²) in [5, 5.41) is 3.24. The van der Waals surface area contributed by atoms with Gasteiger partial charge in [0.05, 0.1) is 11.0 Å². The summed E-state index contributed by atoms with van der Waals surface area (Å²) in [5.74, 6) is 1.03. The molecule has 1 aromatic heterocycles. The number of carbonyl (C=O) groups excluding carboxylic acids is 2. The molecule has 1 unspecified atom stereocenters. The fraction of sp³-hybridized carbons (Fsp3) is 0.444. The van der Waals surface area contributed by atoms with Crippen LogP contribution in [-0.4, -0.2) is 45.1 Å². The van der Waals surface area contributed by atoms with Gasteiger partial charge >= 0.3 is 6.09 Å². The second kappa shape index (κ2) is 9.87. The van der Waals surface area contributed by atoms with E-state index in [1.54, 1.807) is 4.90 Å². The number of aromatic nitrogens is 2. The molecule has 4 rings (SSSR count). The fourth-order valence-electron chi connectivity index (χ4n) is 4.49. The molecule has 0 aliphatic carbocycles. The number of aryl methyl sites for hydroxylation is 1. The molecule has 1 aliphatic heterocycles. The van der Waals surface area contributed by atoms with Crippen LogP contribution >= 0.6 is 0 Å². The molecular formula is C27H34N4O3. The van der Waals surface area contributed by atoms with Crippen molar-refractivity contribution < 1.29 is 14.3 Å². The van der Waals surface area contributed by atoms with E-state index < -0.39 is 5.60 Å². The van der Waals surface area contributed by atoms with E-state index in [0.29, 0.717) is 19.5 Å². The molecule has 3 aromatic rings. The molecular weight excluding hydrogens is 428 g/mol. The lowest BCUT2D eigenvalue weighted by molar-refractivity contribution is -0.122. The predicted molar refractivity (Wildman–Crippen MR) is 132 cm³/mol. The molecule has 1 fully saturated rings. The number of likely N-dealkylation sites (tertiary alicyclic amines) is 1. The van der Waals surface area contributed by atoms with Gasteiger partial charge in [-0.05, 0) is 57.2 Å². The summed E-state index contributed by atoms with van der Waals surface area (Å²) in [6, 6.07) is 17.6. The van der Waals surface area contributed by atoms with Gasteiger partial charge < -0.3 is 19.5 Å². The number of benzene rings is 2. The number of hydrogen-bond acceptors (Lipinski definition) is 4. The number of fused-ring (bicyclic) bond motifs is 1. The molecule has 2 aromatic carbocycles. The summed E-state index contributed by atoms with van der Waals surface area (Å²) in [5.41, 5.74) is 2.43. The largest absolute Gasteiger partial charge is 0.444 e. The number of hydrogen-bond donors (Lipinski definition) is 1. The van der Waals surface area contributed by atoms with Crippen molar-refractivity contribution in [2.24, 2.45) is 13.0 Å². The summed E-state index contributed by atoms with van der Waals surface area (Å²) in [4.78, 5) is 32.0. The van der Waals surface area contributed by atoms with E-state index in [0.717, 1.165) is 35.3 Å². The van der Waals surface area contributed by atoms with Crippen LogP contribution in [0.1, 0.15) is 57.5 Å². The Morgan fingerprint density at radius 3 is 2.35 bits per heavy atom. The van der Waals surface area contributed by atoms with Crippen LogP contribution in [0.5, 0.6) is 0 Å². The number of imidazole rings is 1. The van der Waals surface area contributed by atoms with Crippen LogP contribution in [0.2, 0.25) is 0 Å². The highest BCUT2D eigenvalue weighted by Crippen LogP contribution is 2.27. The molecule has 7 nitrogen and oxygen atoms in total. The second-order valence-corrected chi connectivity index (χ2v) is 10.0. The first-order valence-electron chi connectivity index (χ1n) is 11.9. The Hall–Kier alpha value is -3.35. The molecule has 1 atom stereocenters. The lowest BCUT2D eigenvalue weighted by atomic mass is 9.93. The third-order valence-electron chi connectivity index (χ3n) is 6.26. The normalized spacial score (nSPS) is 15.8. The zero-order valence-corrected chi connectivity index (χ0v) is 20.5. The molecule has 2 amide bonds. The van der Waals surface area contributed by atoms with Crippen LogP contribution in [0, 0.1) is 5.92 Å². The van der Waals surface area contributed by atoms with E-state index in [9.17, 15) is 9.59 Å². The van der Waals surface area contributed by atoms with Crippen molar-refractivity contribution in [1.29, 1.82) is 0 Å². The van der Waals surface area contributed by atoms with Crippen molar-refractivity contribution in [3.8, 4) is 0 Å². The fourth-order valence-corrected chi connectivity index (χ4v) is 4.49. The molecule has 34 heavy (non-hydrogen) atoms. The van der Waals surface area contributed by atoms with E-state index in [4.69, 9.17) is 9.72 Å². The van der Waals surface area contributed by atoms with Crippen LogP contribution in [0.4, 0.5) is 4.79 Å². The zero-order chi connectivity index (χ0) is 24.3. The number of rotatable bonds is 5. The van der Waals surface area contributed by atoms with E-state index in [1.807, 2.05) is 87.0 Å². The van der Waals surface area contributed by atoms with Crippen molar-refractivity contribution in [1.82, 2.24) is 19.8 Å². The number of nitrogens with one attached hydrogen (secondary N) is 1. The number of amides is 2. The van der Waals surface area contributed by atoms with Crippen LogP contribution in [-0.2, 0) is 16.6 Å². The number of carbonyl (C=O) groups is 2. The van der Waals surface area contributed by atoms with Gasteiger partial charge in [0.2, 0.25) is 5.91 Å². The van der Waals surface area contributed by atoms with Crippen molar-refractivity contribution in [2.45, 2.75) is 51.7 Å². The topological polar surface area (TPSA) is 76.5 Å². The number of nitrogens with zero attached hydrogens (tertiary/aromatic N) is 3. The minimum absolute atomic E-state index is 0.00312. The van der Waals surface area contributed by atoms with Gasteiger partial charge in [0, 0.05) is 26.6 Å². The van der Waals surface area contributed by atoms with Gasteiger partial charge in [-0.1, -0.05) is 42.5 Å². The van der Waals surface area contributed by atoms with E-state index in [1.165, 1.54) is 0 Å². The van der Waals surface area contributed by atoms with Crippen molar-refractivity contribution >= 4 is 23.0 Å². The van der Waals surface area contributed by atoms with E-state index >= 15 is 0 Å². The zero-order valence-electron chi connectivity index (χ0n) is 20.5. The molecule has 0 spiro atoms. The molecule has 180 valence electrons. The van der Waals surface area contributed by atoms with Gasteiger partial charge in [-0.25, -0.2) is 9.78 Å². The Bertz CT molecular complexity index is 1140. The third-order valence-corrected chi connectivity index (χ3v) is 6.26. The Kier molecular flexibility index (Phi) is 6.91. The summed E-state index contributed by atoms with van der Waals surface area (Å²) >= 11 is 0. The summed E-state index contributed by atoms with van der Waals surface area (Å²) < 4.78 is 7.53. The Balaban J connectivity index is 1.43. The highest BCUT2D eigenvalue weighted by molar-refractivity contribution is 5.79. The summed E-state index contributed by atoms with van der Waals surface area (Å²) in [6.07, 6.45) is 1.72. The molecule has 2 heterocycles. The molecule has 1 N–H and O–H groups in total. The maximum atomic E-state index is 13.1. The molecule has 1 saturated heterocycles. The first-order valence-corrected chi connectivity index (χ1v) is 11.9. The maximum Gasteiger partial charge on any atom is 0.410 e. The minimum atomic E-state index is -0.504. The molecule has 7 heteroatoms. The van der Waals surface area contributed by atoms with Gasteiger partial charge in [-0.3, -0.25) is 4.79 Å². The number of para-hydroxylation sites is 2. The minimum Gasteiger partial charge on any atom is -0.444 e. The van der Waals surface area contributed by atoms with Crippen molar-refractivity contribution in [3.63, 3.8) is 0 Å². The van der Waals surface area contributed by atoms with Gasteiger partial charge in [-0.15, -0.1) is 0 Å². The van der Waals surface area contributed by atoms with Crippen LogP contribution < -0.4 is 5.32 Å². The van der Waals surface area contributed by atoms with Crippen molar-refractivity contribution in [3.05, 3.63) is 66.0 Å². The quantitative estimate of drug-likeness (QED) is 0.590. The first-order chi connectivity index (χ1) is 16.2. The average molecular weight is 463 g/mol. The van der Waals surface area contributed by atoms with E-state index in [2.05, 4.69) is 5.32 Å². The Morgan fingerprint density at radius 2 is 1.71 bits per heavy atom. The van der Waals surface area contributed by atoms with Crippen LogP contribution in [0.25, 0.3) is 11.0 Å². The monoisotopic (exact) mass is 462 g/mol. The highest BCUT2D eigenvalue weighted by atomic mass is 16.6. The summed E-state index contributed by atoms with van der Waals surface area (Å²) in [7, 11) is 1.99. The van der Waals surface area contributed by atoms with Gasteiger partial charge in [-0.2, -0.15) is 0 Å². The van der Waals surface area contributed by atoms with Crippen molar-refractivity contribution in [2.75, 3.05) is 13.1 Å². The average Bonchev–Trinajstić information content (AvgIpc) is 3.14. The predicted octanol–water partition coefficient (Wildman–Crippen LogP) is 4.82. The van der Waals surface area contributed by atoms with E-state index in [-0.39, 0.29) is 24.0 Å². The number of piperidine rings is 1. The van der Waals surface area contributed by atoms with Crippen LogP contribution in [0.3, 0.4) is 0 Å². The lowest BCUT2D eigenvalue weighted by Gasteiger charge is -2.33. The molecule has 0 saturated carbocycles. The van der Waals surface area contributed by atoms with Gasteiger partial charge in [0.15, 0.2) is 0 Å². The first kappa shape index (κ1) is 23.8. The second-order valence-electron chi connectivity index (χ2n) is 10.0. The highest BCUT2D eigenvalue weighted by Gasteiger charge is 2.29. The standard InChI is InChI=1S/C27H34N4O3/c1-27(2,3)34-26(33)31-16-14-19(15-17-31)18-23(32)29-24(20-10-6-5-7-11-20)25-28-21-12-8-9-13-22(21)30(25)4/h5-13,19,24H,14-18H2,1-4H3,(H,29,32). The lowest BCUT2D eigenvalue weighted by Crippen LogP contribution is -2.42. The van der Waals surface area contributed by atoms with Crippen LogP contribution in [0.15, 0.2) is 54.6 Å².